The highest BCUT2D eigenvalue weighted by Gasteiger charge is 2.18. The molecule has 0 fully saturated rings. The number of furan rings is 1. The van der Waals surface area contributed by atoms with Gasteiger partial charge in [0.15, 0.2) is 0 Å². The molecule has 13 aromatic rings. The van der Waals surface area contributed by atoms with Crippen LogP contribution in [-0.4, -0.2) is 4.57 Å². The highest BCUT2D eigenvalue weighted by atomic mass is 16.3. The molecule has 0 atom stereocenters. The maximum Gasteiger partial charge on any atom is 0.136 e. The van der Waals surface area contributed by atoms with Gasteiger partial charge in [-0.3, -0.25) is 0 Å². The van der Waals surface area contributed by atoms with E-state index in [2.05, 4.69) is 252 Å². The van der Waals surface area contributed by atoms with Gasteiger partial charge in [-0.05, 0) is 146 Å². The van der Waals surface area contributed by atoms with E-state index in [1.54, 1.807) is 0 Å². The van der Waals surface area contributed by atoms with Gasteiger partial charge in [0, 0.05) is 44.3 Å². The molecule has 0 spiro atoms. The average Bonchev–Trinajstić information content (AvgIpc) is 3.95. The Kier molecular flexibility index (Phi) is 9.17. The Bertz CT molecular complexity index is 3950. The minimum atomic E-state index is 0.897. The smallest absolute Gasteiger partial charge is 0.136 e. The van der Waals surface area contributed by atoms with Crippen molar-refractivity contribution in [3.63, 3.8) is 0 Å². The monoisotopic (exact) mass is 854 g/mol. The fourth-order valence-corrected chi connectivity index (χ4v) is 10.1. The van der Waals surface area contributed by atoms with Crippen LogP contribution >= 0.6 is 0 Å². The van der Waals surface area contributed by atoms with E-state index in [4.69, 9.17) is 4.42 Å². The van der Waals surface area contributed by atoms with Crippen LogP contribution in [0.5, 0.6) is 0 Å². The van der Waals surface area contributed by atoms with Crippen LogP contribution in [0, 0.1) is 0 Å². The maximum absolute atomic E-state index is 6.27. The van der Waals surface area contributed by atoms with E-state index >= 15 is 0 Å². The maximum atomic E-state index is 6.27. The van der Waals surface area contributed by atoms with Gasteiger partial charge >= 0.3 is 0 Å². The third kappa shape index (κ3) is 6.76. The molecule has 67 heavy (non-hydrogen) atoms. The molecule has 3 heteroatoms. The number of benzene rings is 11. The van der Waals surface area contributed by atoms with Crippen LogP contribution < -0.4 is 4.90 Å². The summed E-state index contributed by atoms with van der Waals surface area (Å²) in [6, 6.07) is 91.9. The van der Waals surface area contributed by atoms with Crippen molar-refractivity contribution in [3.8, 4) is 50.2 Å². The van der Waals surface area contributed by atoms with E-state index < -0.39 is 0 Å². The molecule has 0 saturated heterocycles. The van der Waals surface area contributed by atoms with Gasteiger partial charge in [-0.2, -0.15) is 0 Å². The Balaban J connectivity index is 0.878. The lowest BCUT2D eigenvalue weighted by Crippen LogP contribution is -2.09. The molecule has 2 aromatic heterocycles. The minimum absolute atomic E-state index is 0.897. The Morgan fingerprint density at radius 2 is 0.821 bits per heavy atom. The summed E-state index contributed by atoms with van der Waals surface area (Å²) in [7, 11) is 0. The topological polar surface area (TPSA) is 21.3 Å². The fourth-order valence-electron chi connectivity index (χ4n) is 10.1. The quantitative estimate of drug-likeness (QED) is 0.152. The summed E-state index contributed by atoms with van der Waals surface area (Å²) in [4.78, 5) is 2.35. The fraction of sp³-hybridized carbons (Fsp3) is 0. The number of hydrogen-bond acceptors (Lipinski definition) is 2. The van der Waals surface area contributed by atoms with Gasteiger partial charge in [0.2, 0.25) is 0 Å². The van der Waals surface area contributed by atoms with Crippen molar-refractivity contribution in [3.05, 3.63) is 255 Å². The first-order valence-electron chi connectivity index (χ1n) is 22.9. The Morgan fingerprint density at radius 1 is 0.299 bits per heavy atom. The van der Waals surface area contributed by atoms with E-state index in [1.807, 2.05) is 12.1 Å². The van der Waals surface area contributed by atoms with Crippen LogP contribution in [0.3, 0.4) is 0 Å². The van der Waals surface area contributed by atoms with E-state index in [9.17, 15) is 0 Å². The van der Waals surface area contributed by atoms with Crippen LogP contribution in [0.15, 0.2) is 259 Å². The Labute approximate surface area is 388 Å². The third-order valence-electron chi connectivity index (χ3n) is 13.4. The zero-order chi connectivity index (χ0) is 44.3. The third-order valence-corrected chi connectivity index (χ3v) is 13.4. The molecular formula is C64H42N2O. The molecular weight excluding hydrogens is 813 g/mol. The van der Waals surface area contributed by atoms with Crippen molar-refractivity contribution in [1.82, 2.24) is 4.57 Å². The molecule has 11 aromatic carbocycles. The molecule has 0 aliphatic carbocycles. The zero-order valence-corrected chi connectivity index (χ0v) is 36.6. The number of para-hydroxylation sites is 3. The predicted molar refractivity (Wildman–Crippen MR) is 282 cm³/mol. The first-order chi connectivity index (χ1) is 33.2. The number of hydrogen-bond donors (Lipinski definition) is 0. The summed E-state index contributed by atoms with van der Waals surface area (Å²) in [5.74, 6) is 0. The average molecular weight is 855 g/mol. The van der Waals surface area contributed by atoms with Crippen LogP contribution in [0.25, 0.3) is 105 Å². The minimum Gasteiger partial charge on any atom is -0.456 e. The molecule has 0 amide bonds. The first-order valence-corrected chi connectivity index (χ1v) is 22.9. The lowest BCUT2D eigenvalue weighted by molar-refractivity contribution is 0.669. The second-order valence-electron chi connectivity index (χ2n) is 17.3. The number of nitrogens with zero attached hydrogens (tertiary/aromatic N) is 2. The highest BCUT2D eigenvalue weighted by molar-refractivity contribution is 6.13. The second-order valence-corrected chi connectivity index (χ2v) is 17.3. The second kappa shape index (κ2) is 16.0. The van der Waals surface area contributed by atoms with Crippen LogP contribution in [0.1, 0.15) is 0 Å². The molecule has 0 unspecified atom stereocenters. The van der Waals surface area contributed by atoms with E-state index in [-0.39, 0.29) is 0 Å². The standard InChI is InChI=1S/C64H42N2O/c1-2-16-52(17-3-1)66-60-21-8-6-18-57(60)59-42-51(32-39-61(59)66)45-28-35-54(36-29-45)65(55-37-30-46(31-38-55)56-20-11-23-63-64(56)58-19-7-9-22-62(58)67-63)53-33-26-44(27-34-53)48-14-10-15-49(40-48)50-25-24-43-12-4-5-13-47(43)41-50/h1-42H. The molecule has 0 aliphatic heterocycles. The molecule has 2 heterocycles. The molecule has 0 aliphatic rings. The van der Waals surface area contributed by atoms with Crippen molar-refractivity contribution >= 4 is 71.6 Å². The van der Waals surface area contributed by atoms with Crippen molar-refractivity contribution in [2.45, 2.75) is 0 Å². The van der Waals surface area contributed by atoms with Crippen molar-refractivity contribution in [2.75, 3.05) is 4.90 Å². The lowest BCUT2D eigenvalue weighted by Gasteiger charge is -2.26. The first kappa shape index (κ1) is 38.5. The van der Waals surface area contributed by atoms with Gasteiger partial charge < -0.3 is 13.9 Å². The van der Waals surface area contributed by atoms with Crippen molar-refractivity contribution in [1.29, 1.82) is 0 Å². The molecule has 314 valence electrons. The van der Waals surface area contributed by atoms with Gasteiger partial charge in [-0.1, -0.05) is 164 Å². The van der Waals surface area contributed by atoms with Crippen molar-refractivity contribution in [2.24, 2.45) is 0 Å². The summed E-state index contributed by atoms with van der Waals surface area (Å²) in [6.07, 6.45) is 0. The number of anilines is 3. The highest BCUT2D eigenvalue weighted by Crippen LogP contribution is 2.42. The summed E-state index contributed by atoms with van der Waals surface area (Å²) >= 11 is 0. The van der Waals surface area contributed by atoms with Crippen molar-refractivity contribution < 1.29 is 4.42 Å². The number of fused-ring (bicyclic) bond motifs is 7. The Hall–Kier alpha value is -8.92. The largest absolute Gasteiger partial charge is 0.456 e. The Morgan fingerprint density at radius 3 is 1.57 bits per heavy atom. The van der Waals surface area contributed by atoms with Gasteiger partial charge in [-0.25, -0.2) is 0 Å². The van der Waals surface area contributed by atoms with E-state index in [0.717, 1.165) is 55.8 Å². The normalized spacial score (nSPS) is 11.6. The predicted octanol–water partition coefficient (Wildman–Crippen LogP) is 18.0. The van der Waals surface area contributed by atoms with E-state index in [1.165, 1.54) is 66.0 Å². The van der Waals surface area contributed by atoms with Gasteiger partial charge in [0.25, 0.3) is 0 Å². The molecule has 13 rings (SSSR count). The lowest BCUT2D eigenvalue weighted by atomic mass is 9.97. The van der Waals surface area contributed by atoms with Crippen LogP contribution in [0.4, 0.5) is 17.1 Å². The zero-order valence-electron chi connectivity index (χ0n) is 36.6. The number of aromatic nitrogens is 1. The number of rotatable bonds is 8. The van der Waals surface area contributed by atoms with Gasteiger partial charge in [-0.15, -0.1) is 0 Å². The van der Waals surface area contributed by atoms with Gasteiger partial charge in [0.1, 0.15) is 11.2 Å². The molecule has 0 saturated carbocycles. The summed E-state index contributed by atoms with van der Waals surface area (Å²) < 4.78 is 8.64. The van der Waals surface area contributed by atoms with Crippen LogP contribution in [0.2, 0.25) is 0 Å². The summed E-state index contributed by atoms with van der Waals surface area (Å²) in [6.45, 7) is 0. The SMILES string of the molecule is c1ccc(-n2c3ccccc3c3cc(-c4ccc(N(c5ccc(-c6cccc(-c7ccc8ccccc8c7)c6)cc5)c5ccc(-c6cccc7oc8ccccc8c67)cc5)cc4)ccc32)cc1. The summed E-state index contributed by atoms with van der Waals surface area (Å²) in [5, 5.41) is 7.25. The molecule has 0 bridgehead atoms. The molecule has 0 radical (unpaired) electrons. The summed E-state index contributed by atoms with van der Waals surface area (Å²) in [5.41, 5.74) is 18.0. The molecule has 0 N–H and O–H groups in total. The van der Waals surface area contributed by atoms with E-state index in [0.29, 0.717) is 0 Å². The van der Waals surface area contributed by atoms with Gasteiger partial charge in [0.05, 0.1) is 11.0 Å². The van der Waals surface area contributed by atoms with Crippen LogP contribution in [-0.2, 0) is 0 Å². The molecule has 3 nitrogen and oxygen atoms in total.